The van der Waals surface area contributed by atoms with Crippen LogP contribution in [0.5, 0.6) is 0 Å². The summed E-state index contributed by atoms with van der Waals surface area (Å²) >= 11 is 0. The molecule has 0 bridgehead atoms. The van der Waals surface area contributed by atoms with E-state index in [1.807, 2.05) is 7.05 Å². The first-order chi connectivity index (χ1) is 10.5. The second-order valence-corrected chi connectivity index (χ2v) is 6.48. The van der Waals surface area contributed by atoms with Crippen molar-refractivity contribution in [2.24, 2.45) is 5.92 Å². The molecule has 2 nitrogen and oxygen atoms in total. The van der Waals surface area contributed by atoms with Gasteiger partial charge < -0.3 is 10.2 Å². The predicted molar refractivity (Wildman–Crippen MR) is 97.6 cm³/mol. The van der Waals surface area contributed by atoms with Crippen LogP contribution in [0.1, 0.15) is 19.4 Å². The lowest BCUT2D eigenvalue weighted by Crippen LogP contribution is -2.32. The molecule has 2 rings (SSSR count). The third kappa shape index (κ3) is 4.11. The molecule has 118 valence electrons. The van der Waals surface area contributed by atoms with E-state index in [9.17, 15) is 0 Å². The van der Waals surface area contributed by atoms with Gasteiger partial charge in [0.1, 0.15) is 0 Å². The van der Waals surface area contributed by atoms with Gasteiger partial charge in [0.25, 0.3) is 0 Å². The van der Waals surface area contributed by atoms with Crippen molar-refractivity contribution in [3.05, 3.63) is 54.1 Å². The van der Waals surface area contributed by atoms with Crippen molar-refractivity contribution in [3.8, 4) is 11.1 Å². The van der Waals surface area contributed by atoms with E-state index in [-0.39, 0.29) is 0 Å². The molecular weight excluding hydrogens is 268 g/mol. The summed E-state index contributed by atoms with van der Waals surface area (Å²) in [6.45, 7) is 4.53. The van der Waals surface area contributed by atoms with Crippen LogP contribution < -0.4 is 10.2 Å². The maximum atomic E-state index is 3.41. The van der Waals surface area contributed by atoms with E-state index in [1.54, 1.807) is 0 Å². The monoisotopic (exact) mass is 296 g/mol. The number of anilines is 1. The molecule has 0 spiro atoms. The van der Waals surface area contributed by atoms with E-state index >= 15 is 0 Å². The van der Waals surface area contributed by atoms with E-state index in [1.165, 1.54) is 22.4 Å². The van der Waals surface area contributed by atoms with Gasteiger partial charge in [0, 0.05) is 25.8 Å². The molecule has 22 heavy (non-hydrogen) atoms. The Morgan fingerprint density at radius 1 is 0.864 bits per heavy atom. The lowest BCUT2D eigenvalue weighted by molar-refractivity contribution is 0.424. The predicted octanol–water partition coefficient (Wildman–Crippen LogP) is 4.21. The normalized spacial score (nSPS) is 12.5. The number of nitrogens with zero attached hydrogens (tertiary/aromatic N) is 1. The van der Waals surface area contributed by atoms with Gasteiger partial charge in [-0.3, -0.25) is 0 Å². The van der Waals surface area contributed by atoms with Crippen LogP contribution in [0.15, 0.2) is 48.5 Å². The van der Waals surface area contributed by atoms with Gasteiger partial charge in [-0.25, -0.2) is 0 Å². The van der Waals surface area contributed by atoms with E-state index in [4.69, 9.17) is 0 Å². The van der Waals surface area contributed by atoms with Gasteiger partial charge in [0.2, 0.25) is 0 Å². The molecule has 0 aromatic heterocycles. The van der Waals surface area contributed by atoms with Gasteiger partial charge >= 0.3 is 0 Å². The molecule has 0 aliphatic heterocycles. The Balaban J connectivity index is 2.11. The van der Waals surface area contributed by atoms with Crippen LogP contribution in [0.2, 0.25) is 0 Å². The summed E-state index contributed by atoms with van der Waals surface area (Å²) in [5, 5.41) is 3.41. The van der Waals surface area contributed by atoms with Crippen LogP contribution in [0.25, 0.3) is 11.1 Å². The van der Waals surface area contributed by atoms with Crippen LogP contribution >= 0.6 is 0 Å². The zero-order chi connectivity index (χ0) is 16.1. The zero-order valence-electron chi connectivity index (χ0n) is 14.4. The average molecular weight is 296 g/mol. The molecule has 0 saturated carbocycles. The topological polar surface area (TPSA) is 15.3 Å². The average Bonchev–Trinajstić information content (AvgIpc) is 2.53. The van der Waals surface area contributed by atoms with Crippen molar-refractivity contribution in [1.29, 1.82) is 0 Å². The Hall–Kier alpha value is -1.80. The quantitative estimate of drug-likeness (QED) is 0.859. The van der Waals surface area contributed by atoms with Crippen molar-refractivity contribution in [1.82, 2.24) is 5.32 Å². The fourth-order valence-electron chi connectivity index (χ4n) is 2.71. The maximum Gasteiger partial charge on any atom is 0.0361 e. The molecule has 0 amide bonds. The van der Waals surface area contributed by atoms with Crippen LogP contribution in [0.4, 0.5) is 5.69 Å². The Kier molecular flexibility index (Phi) is 5.62. The van der Waals surface area contributed by atoms with Gasteiger partial charge in [-0.1, -0.05) is 50.2 Å². The summed E-state index contributed by atoms with van der Waals surface area (Å²) in [5.74, 6) is 0.642. The molecule has 1 N–H and O–H groups in total. The maximum absolute atomic E-state index is 3.41. The third-order valence-electron chi connectivity index (χ3n) is 4.30. The SMILES string of the molecule is CNC(Cc1ccc(-c2ccc(N(C)C)cc2)cc1)C(C)C. The molecule has 0 radical (unpaired) electrons. The Labute approximate surface area is 135 Å². The van der Waals surface area contributed by atoms with Gasteiger partial charge in [-0.2, -0.15) is 0 Å². The first-order valence-electron chi connectivity index (χ1n) is 8.05. The first kappa shape index (κ1) is 16.6. The van der Waals surface area contributed by atoms with Crippen molar-refractivity contribution in [3.63, 3.8) is 0 Å². The summed E-state index contributed by atoms with van der Waals surface area (Å²) in [4.78, 5) is 2.12. The van der Waals surface area contributed by atoms with E-state index in [2.05, 4.69) is 86.7 Å². The van der Waals surface area contributed by atoms with Crippen LogP contribution in [0, 0.1) is 5.92 Å². The van der Waals surface area contributed by atoms with E-state index in [0.29, 0.717) is 12.0 Å². The van der Waals surface area contributed by atoms with Crippen molar-refractivity contribution in [2.75, 3.05) is 26.0 Å². The lowest BCUT2D eigenvalue weighted by atomic mass is 9.95. The zero-order valence-corrected chi connectivity index (χ0v) is 14.4. The molecule has 2 aromatic carbocycles. The summed E-state index contributed by atoms with van der Waals surface area (Å²) in [7, 11) is 6.18. The molecule has 2 aromatic rings. The fourth-order valence-corrected chi connectivity index (χ4v) is 2.71. The molecule has 0 aliphatic rings. The summed E-state index contributed by atoms with van der Waals surface area (Å²) in [6.07, 6.45) is 1.08. The minimum Gasteiger partial charge on any atom is -0.378 e. The largest absolute Gasteiger partial charge is 0.378 e. The first-order valence-corrected chi connectivity index (χ1v) is 8.05. The molecule has 0 saturated heterocycles. The third-order valence-corrected chi connectivity index (χ3v) is 4.30. The molecule has 1 atom stereocenters. The van der Waals surface area contributed by atoms with Crippen molar-refractivity contribution >= 4 is 5.69 Å². The number of likely N-dealkylation sites (N-methyl/N-ethyl adjacent to an activating group) is 1. The fraction of sp³-hybridized carbons (Fsp3) is 0.400. The number of nitrogens with one attached hydrogen (secondary N) is 1. The minimum absolute atomic E-state index is 0.533. The summed E-state index contributed by atoms with van der Waals surface area (Å²) in [5.41, 5.74) is 5.17. The minimum atomic E-state index is 0.533. The van der Waals surface area contributed by atoms with Crippen LogP contribution in [0.3, 0.4) is 0 Å². The van der Waals surface area contributed by atoms with Gasteiger partial charge in [0.15, 0.2) is 0 Å². The number of rotatable bonds is 6. The number of hydrogen-bond acceptors (Lipinski definition) is 2. The Bertz CT molecular complexity index is 568. The highest BCUT2D eigenvalue weighted by atomic mass is 15.1. The standard InChI is InChI=1S/C20H28N2/c1-15(2)20(21-3)14-16-6-8-17(9-7-16)18-10-12-19(13-11-18)22(4)5/h6-13,15,20-21H,14H2,1-5H3. The smallest absolute Gasteiger partial charge is 0.0361 e. The summed E-state index contributed by atoms with van der Waals surface area (Å²) < 4.78 is 0. The number of benzene rings is 2. The second kappa shape index (κ2) is 7.46. The number of hydrogen-bond donors (Lipinski definition) is 1. The van der Waals surface area contributed by atoms with E-state index < -0.39 is 0 Å². The molecule has 0 aliphatic carbocycles. The highest BCUT2D eigenvalue weighted by Gasteiger charge is 2.11. The van der Waals surface area contributed by atoms with Gasteiger partial charge in [-0.15, -0.1) is 0 Å². The molecule has 0 heterocycles. The highest BCUT2D eigenvalue weighted by Crippen LogP contribution is 2.23. The molecule has 2 heteroatoms. The Morgan fingerprint density at radius 2 is 1.36 bits per heavy atom. The van der Waals surface area contributed by atoms with Crippen LogP contribution in [-0.2, 0) is 6.42 Å². The van der Waals surface area contributed by atoms with Gasteiger partial charge in [-0.05, 0) is 48.2 Å². The second-order valence-electron chi connectivity index (χ2n) is 6.48. The highest BCUT2D eigenvalue weighted by molar-refractivity contribution is 5.66. The van der Waals surface area contributed by atoms with E-state index in [0.717, 1.165) is 6.42 Å². The van der Waals surface area contributed by atoms with Crippen molar-refractivity contribution < 1.29 is 0 Å². The Morgan fingerprint density at radius 3 is 1.77 bits per heavy atom. The molecule has 0 fully saturated rings. The van der Waals surface area contributed by atoms with Crippen molar-refractivity contribution in [2.45, 2.75) is 26.3 Å². The van der Waals surface area contributed by atoms with Gasteiger partial charge in [0.05, 0.1) is 0 Å². The lowest BCUT2D eigenvalue weighted by Gasteiger charge is -2.20. The summed E-state index contributed by atoms with van der Waals surface area (Å²) in [6, 6.07) is 18.2. The molecule has 1 unspecified atom stereocenters. The van der Waals surface area contributed by atoms with Crippen LogP contribution in [-0.4, -0.2) is 27.2 Å². The molecular formula is C20H28N2.